The second-order valence-electron chi connectivity index (χ2n) is 10.7. The van der Waals surface area contributed by atoms with Crippen molar-refractivity contribution in [3.8, 4) is 17.2 Å². The summed E-state index contributed by atoms with van der Waals surface area (Å²) < 4.78 is 14.7. The maximum atomic E-state index is 13.5. The average molecular weight is 470 g/mol. The maximum absolute atomic E-state index is 13.5. The monoisotopic (exact) mass is 469 g/mol. The minimum absolute atomic E-state index is 0.0197. The molecule has 0 spiro atoms. The van der Waals surface area contributed by atoms with Crippen molar-refractivity contribution in [2.24, 2.45) is 17.6 Å². The third-order valence-electron chi connectivity index (χ3n) is 8.56. The first-order valence-corrected chi connectivity index (χ1v) is 12.8. The van der Waals surface area contributed by atoms with Gasteiger partial charge in [0.2, 0.25) is 0 Å². The van der Waals surface area contributed by atoms with Gasteiger partial charge in [0.25, 0.3) is 5.91 Å². The molecule has 180 valence electrons. The number of methoxy groups -OCH3 is 1. The number of hydrogen-bond acceptors (Lipinski definition) is 4. The lowest BCUT2D eigenvalue weighted by molar-refractivity contribution is 0.0700. The number of hydrogen-bond donors (Lipinski definition) is 1. The summed E-state index contributed by atoms with van der Waals surface area (Å²) >= 11 is 0. The number of fused-ring (bicyclic) bond motifs is 4. The molecule has 7 rings (SSSR count). The summed E-state index contributed by atoms with van der Waals surface area (Å²) in [5.41, 5.74) is 11.0. The Hall–Kier alpha value is -3.25. The zero-order chi connectivity index (χ0) is 23.8. The number of benzene rings is 2. The molecule has 2 N–H and O–H groups in total. The van der Waals surface area contributed by atoms with Gasteiger partial charge in [0, 0.05) is 47.2 Å². The van der Waals surface area contributed by atoms with Crippen LogP contribution in [0.1, 0.15) is 41.6 Å². The lowest BCUT2D eigenvalue weighted by Gasteiger charge is -2.27. The van der Waals surface area contributed by atoms with Gasteiger partial charge in [-0.1, -0.05) is 18.2 Å². The van der Waals surface area contributed by atoms with Gasteiger partial charge in [-0.25, -0.2) is 0 Å². The maximum Gasteiger partial charge on any atom is 0.254 e. The fourth-order valence-corrected chi connectivity index (χ4v) is 6.47. The Bertz CT molecular complexity index is 1480. The van der Waals surface area contributed by atoms with Gasteiger partial charge in [-0.3, -0.25) is 4.79 Å². The van der Waals surface area contributed by atoms with Crippen molar-refractivity contribution in [1.82, 2.24) is 9.47 Å². The lowest BCUT2D eigenvalue weighted by Crippen LogP contribution is -2.41. The highest BCUT2D eigenvalue weighted by Gasteiger charge is 2.47. The molecule has 3 atom stereocenters. The number of aryl methyl sites for hydroxylation is 1. The lowest BCUT2D eigenvalue weighted by atomic mass is 10.0. The third kappa shape index (κ3) is 3.16. The molecule has 1 saturated heterocycles. The van der Waals surface area contributed by atoms with Gasteiger partial charge in [-0.05, 0) is 68.7 Å². The van der Waals surface area contributed by atoms with Crippen molar-refractivity contribution in [2.45, 2.75) is 51.2 Å². The largest absolute Gasteiger partial charge is 0.496 e. The van der Waals surface area contributed by atoms with Crippen LogP contribution in [0.25, 0.3) is 33.3 Å². The molecule has 6 nitrogen and oxygen atoms in total. The number of amides is 1. The molecule has 2 unspecified atom stereocenters. The van der Waals surface area contributed by atoms with Gasteiger partial charge in [0.1, 0.15) is 11.3 Å². The predicted molar refractivity (Wildman–Crippen MR) is 137 cm³/mol. The van der Waals surface area contributed by atoms with Gasteiger partial charge < -0.3 is 24.4 Å². The van der Waals surface area contributed by atoms with Crippen LogP contribution >= 0.6 is 0 Å². The first kappa shape index (κ1) is 21.1. The van der Waals surface area contributed by atoms with Gasteiger partial charge in [-0.15, -0.1) is 0 Å². The zero-order valence-corrected chi connectivity index (χ0v) is 20.3. The molecule has 6 heteroatoms. The molecule has 2 saturated carbocycles. The van der Waals surface area contributed by atoms with E-state index in [0.717, 1.165) is 54.3 Å². The number of rotatable bonds is 5. The molecule has 4 aromatic rings. The Morgan fingerprint density at radius 3 is 2.69 bits per heavy atom. The van der Waals surface area contributed by atoms with Crippen LogP contribution in [0.2, 0.25) is 0 Å². The zero-order valence-electron chi connectivity index (χ0n) is 20.3. The van der Waals surface area contributed by atoms with Crippen LogP contribution in [-0.4, -0.2) is 41.1 Å². The van der Waals surface area contributed by atoms with Crippen molar-refractivity contribution in [3.05, 3.63) is 53.6 Å². The van der Waals surface area contributed by atoms with Crippen LogP contribution in [-0.2, 0) is 6.54 Å². The van der Waals surface area contributed by atoms with Gasteiger partial charge in [0.15, 0.2) is 5.76 Å². The summed E-state index contributed by atoms with van der Waals surface area (Å²) in [5, 5.41) is 2.15. The number of para-hydroxylation sites is 1. The fourth-order valence-electron chi connectivity index (χ4n) is 6.47. The number of ether oxygens (including phenoxy) is 1. The Labute approximate surface area is 204 Å². The van der Waals surface area contributed by atoms with E-state index in [4.69, 9.17) is 14.9 Å². The second kappa shape index (κ2) is 7.62. The van der Waals surface area contributed by atoms with Crippen LogP contribution in [0.5, 0.6) is 5.75 Å². The van der Waals surface area contributed by atoms with Crippen LogP contribution in [0, 0.1) is 18.8 Å². The number of nitrogens with zero attached hydrogens (tertiary/aromatic N) is 2. The molecule has 2 aliphatic carbocycles. The fraction of sp³-hybridized carbons (Fsp3) is 0.414. The quantitative estimate of drug-likeness (QED) is 0.428. The molecule has 3 aliphatic rings. The van der Waals surface area contributed by atoms with E-state index in [1.807, 2.05) is 17.0 Å². The van der Waals surface area contributed by atoms with Crippen LogP contribution in [0.3, 0.4) is 0 Å². The summed E-state index contributed by atoms with van der Waals surface area (Å²) in [7, 11) is 1.66. The van der Waals surface area contributed by atoms with E-state index in [1.165, 1.54) is 23.7 Å². The molecule has 1 amide bonds. The van der Waals surface area contributed by atoms with Crippen molar-refractivity contribution in [3.63, 3.8) is 0 Å². The number of aromatic nitrogens is 1. The number of piperidine rings is 1. The molecule has 1 aliphatic heterocycles. The second-order valence-corrected chi connectivity index (χ2v) is 10.7. The number of likely N-dealkylation sites (tertiary alicyclic amines) is 1. The van der Waals surface area contributed by atoms with Crippen LogP contribution < -0.4 is 10.5 Å². The summed E-state index contributed by atoms with van der Waals surface area (Å²) in [4.78, 5) is 15.5. The smallest absolute Gasteiger partial charge is 0.254 e. The average Bonchev–Trinajstić information content (AvgIpc) is 3.27. The van der Waals surface area contributed by atoms with Gasteiger partial charge in [-0.2, -0.15) is 0 Å². The standard InChI is InChI=1S/C29H31N3O3/c1-16-26-24(34-2)12-20(29(33)32-15-19-9-10-22(32)27(19)30)13-25(26)35-28(16)23-11-18-5-3-4-6-21(18)31(23)14-17-7-8-17/h3-6,11-13,17,19,22,27H,7-10,14-15,30H2,1-2H3/t19?,22?,27-/m1/s1. The molecule has 2 aromatic heterocycles. The van der Waals surface area contributed by atoms with E-state index in [0.29, 0.717) is 22.8 Å². The van der Waals surface area contributed by atoms with Crippen LogP contribution in [0.4, 0.5) is 0 Å². The van der Waals surface area contributed by atoms with E-state index in [1.54, 1.807) is 7.11 Å². The van der Waals surface area contributed by atoms with E-state index in [-0.39, 0.29) is 18.0 Å². The SMILES string of the molecule is COc1cc(C(=O)N2CC3CCC2[C@@H]3N)cc2oc(-c3cc4ccccc4n3CC3CC3)c(C)c12. The Morgan fingerprint density at radius 2 is 1.97 bits per heavy atom. The Balaban J connectivity index is 1.35. The molecular formula is C29H31N3O3. The molecule has 35 heavy (non-hydrogen) atoms. The van der Waals surface area contributed by atoms with E-state index in [2.05, 4.69) is 41.8 Å². The van der Waals surface area contributed by atoms with Crippen molar-refractivity contribution >= 4 is 27.8 Å². The summed E-state index contributed by atoms with van der Waals surface area (Å²) in [6, 6.07) is 14.7. The Morgan fingerprint density at radius 1 is 1.14 bits per heavy atom. The molecule has 3 fully saturated rings. The minimum Gasteiger partial charge on any atom is -0.496 e. The Kier molecular flexibility index (Phi) is 4.59. The third-order valence-corrected chi connectivity index (χ3v) is 8.56. The highest BCUT2D eigenvalue weighted by molar-refractivity contribution is 6.02. The first-order valence-electron chi connectivity index (χ1n) is 12.8. The molecule has 3 heterocycles. The van der Waals surface area contributed by atoms with E-state index >= 15 is 0 Å². The number of carbonyl (C=O) groups is 1. The van der Waals surface area contributed by atoms with Crippen LogP contribution in [0.15, 0.2) is 46.9 Å². The summed E-state index contributed by atoms with van der Waals surface area (Å²) in [5.74, 6) is 2.70. The van der Waals surface area contributed by atoms with E-state index < -0.39 is 0 Å². The summed E-state index contributed by atoms with van der Waals surface area (Å²) in [6.45, 7) is 3.83. The molecule has 2 bridgehead atoms. The van der Waals surface area contributed by atoms with Gasteiger partial charge >= 0.3 is 0 Å². The van der Waals surface area contributed by atoms with E-state index in [9.17, 15) is 4.79 Å². The van der Waals surface area contributed by atoms with Crippen molar-refractivity contribution in [1.29, 1.82) is 0 Å². The normalized spacial score (nSPS) is 23.6. The highest BCUT2D eigenvalue weighted by atomic mass is 16.5. The highest BCUT2D eigenvalue weighted by Crippen LogP contribution is 2.43. The predicted octanol–water partition coefficient (Wildman–Crippen LogP) is 5.34. The number of carbonyl (C=O) groups excluding carboxylic acids is 1. The van der Waals surface area contributed by atoms with Crippen molar-refractivity contribution < 1.29 is 13.9 Å². The molecular weight excluding hydrogens is 438 g/mol. The topological polar surface area (TPSA) is 73.6 Å². The number of furan rings is 1. The van der Waals surface area contributed by atoms with Crippen molar-refractivity contribution in [2.75, 3.05) is 13.7 Å². The molecule has 2 aromatic carbocycles. The minimum atomic E-state index is 0.0197. The summed E-state index contributed by atoms with van der Waals surface area (Å²) in [6.07, 6.45) is 4.68. The number of nitrogens with two attached hydrogens (primary N) is 1. The van der Waals surface area contributed by atoms with Gasteiger partial charge in [0.05, 0.1) is 18.2 Å². The first-order chi connectivity index (χ1) is 17.0. The molecule has 0 radical (unpaired) electrons.